The van der Waals surface area contributed by atoms with Crippen LogP contribution in [0.25, 0.3) is 0 Å². The van der Waals surface area contributed by atoms with Gasteiger partial charge in [0, 0.05) is 50.3 Å². The van der Waals surface area contributed by atoms with Crippen molar-refractivity contribution in [3.05, 3.63) is 63.6 Å². The van der Waals surface area contributed by atoms with Gasteiger partial charge in [0.25, 0.3) is 5.56 Å². The highest BCUT2D eigenvalue weighted by Crippen LogP contribution is 2.31. The molecule has 0 radical (unpaired) electrons. The van der Waals surface area contributed by atoms with Gasteiger partial charge in [0.1, 0.15) is 11.3 Å². The molecule has 8 heteroatoms. The minimum Gasteiger partial charge on any atom is -0.492 e. The van der Waals surface area contributed by atoms with E-state index < -0.39 is 5.97 Å². The molecule has 36 heavy (non-hydrogen) atoms. The first-order chi connectivity index (χ1) is 17.3. The minimum atomic E-state index is -0.539. The zero-order chi connectivity index (χ0) is 25.7. The van der Waals surface area contributed by atoms with Crippen molar-refractivity contribution in [1.82, 2.24) is 9.47 Å². The van der Waals surface area contributed by atoms with E-state index in [-0.39, 0.29) is 34.3 Å². The first-order valence-corrected chi connectivity index (χ1v) is 12.7. The lowest BCUT2D eigenvalue weighted by atomic mass is 9.87. The Kier molecular flexibility index (Phi) is 8.14. The molecular formula is C28H36N2O6. The highest BCUT2D eigenvalue weighted by molar-refractivity contribution is 5.93. The second kappa shape index (κ2) is 11.3. The summed E-state index contributed by atoms with van der Waals surface area (Å²) < 4.78 is 18.4. The molecular weight excluding hydrogens is 460 g/mol. The minimum absolute atomic E-state index is 0.0873. The summed E-state index contributed by atoms with van der Waals surface area (Å²) in [5, 5.41) is 0. The van der Waals surface area contributed by atoms with Crippen molar-refractivity contribution >= 4 is 11.9 Å². The second-order valence-corrected chi connectivity index (χ2v) is 10.1. The van der Waals surface area contributed by atoms with E-state index >= 15 is 0 Å². The Morgan fingerprint density at radius 1 is 1.14 bits per heavy atom. The Labute approximate surface area is 212 Å². The van der Waals surface area contributed by atoms with Crippen molar-refractivity contribution in [2.45, 2.75) is 58.1 Å². The number of aryl methyl sites for hydroxylation is 1. The molecule has 1 amide bonds. The van der Waals surface area contributed by atoms with Gasteiger partial charge in [-0.2, -0.15) is 0 Å². The molecule has 0 unspecified atom stereocenters. The summed E-state index contributed by atoms with van der Waals surface area (Å²) in [6, 6.07) is 11.5. The van der Waals surface area contributed by atoms with Gasteiger partial charge < -0.3 is 23.7 Å². The third-order valence-corrected chi connectivity index (χ3v) is 7.05. The van der Waals surface area contributed by atoms with Gasteiger partial charge in [-0.25, -0.2) is 4.79 Å². The lowest BCUT2D eigenvalue weighted by Crippen LogP contribution is -2.44. The topological polar surface area (TPSA) is 87.1 Å². The number of aromatic nitrogens is 1. The number of carbonyl (C=O) groups is 2. The van der Waals surface area contributed by atoms with Gasteiger partial charge in [-0.15, -0.1) is 0 Å². The van der Waals surface area contributed by atoms with Crippen LogP contribution in [0, 0.1) is 5.92 Å². The van der Waals surface area contributed by atoms with Crippen LogP contribution in [0.2, 0.25) is 0 Å². The van der Waals surface area contributed by atoms with Crippen molar-refractivity contribution in [1.29, 1.82) is 0 Å². The monoisotopic (exact) mass is 496 g/mol. The standard InChI is InChI=1S/C28H36N2O6/c1-28(2)19-21(12-17-36-28)26(32)29-13-11-22-25(27(33)34-3)23(18-24(31)30(22)15-14-29)35-16-7-10-20-8-5-4-6-9-20/h4-6,8-9,18,21H,7,10-17,19H2,1-3H3/t21-/m1/s1. The largest absolute Gasteiger partial charge is 0.492 e. The fraction of sp³-hybridized carbons (Fsp3) is 0.536. The number of methoxy groups -OCH3 is 1. The first kappa shape index (κ1) is 25.9. The Hall–Kier alpha value is -3.13. The number of amides is 1. The summed E-state index contributed by atoms with van der Waals surface area (Å²) in [7, 11) is 1.32. The number of hydrogen-bond donors (Lipinski definition) is 0. The van der Waals surface area contributed by atoms with Gasteiger partial charge in [-0.3, -0.25) is 9.59 Å². The number of rotatable bonds is 7. The SMILES string of the molecule is COC(=O)c1c(OCCCc2ccccc2)cc(=O)n2c1CCN(C(=O)[C@@H]1CCOC(C)(C)C1)CC2. The quantitative estimate of drug-likeness (QED) is 0.432. The summed E-state index contributed by atoms with van der Waals surface area (Å²) in [5.41, 5.74) is 1.48. The van der Waals surface area contributed by atoms with Crippen LogP contribution < -0.4 is 10.3 Å². The molecule has 194 valence electrons. The number of carbonyl (C=O) groups excluding carboxylic acids is 2. The molecule has 1 aromatic carbocycles. The Morgan fingerprint density at radius 3 is 2.64 bits per heavy atom. The van der Waals surface area contributed by atoms with Gasteiger partial charge in [0.2, 0.25) is 5.91 Å². The summed E-state index contributed by atoms with van der Waals surface area (Å²) in [4.78, 5) is 41.0. The van der Waals surface area contributed by atoms with Crippen LogP contribution in [0.1, 0.15) is 54.7 Å². The maximum absolute atomic E-state index is 13.3. The smallest absolute Gasteiger partial charge is 0.343 e. The maximum Gasteiger partial charge on any atom is 0.343 e. The maximum atomic E-state index is 13.3. The molecule has 0 saturated carbocycles. The molecule has 4 rings (SSSR count). The number of fused-ring (bicyclic) bond motifs is 1. The summed E-state index contributed by atoms with van der Waals surface area (Å²) in [6.07, 6.45) is 3.31. The zero-order valence-electron chi connectivity index (χ0n) is 21.5. The normalized spacial score (nSPS) is 19.2. The van der Waals surface area contributed by atoms with Crippen LogP contribution in [0.4, 0.5) is 0 Å². The number of nitrogens with zero attached hydrogens (tertiary/aromatic N) is 2. The molecule has 1 saturated heterocycles. The van der Waals surface area contributed by atoms with E-state index in [1.54, 1.807) is 4.57 Å². The van der Waals surface area contributed by atoms with E-state index in [2.05, 4.69) is 12.1 Å². The van der Waals surface area contributed by atoms with E-state index in [0.29, 0.717) is 57.8 Å². The van der Waals surface area contributed by atoms with Gasteiger partial charge in [-0.1, -0.05) is 30.3 Å². The third kappa shape index (κ3) is 5.98. The van der Waals surface area contributed by atoms with E-state index in [0.717, 1.165) is 12.8 Å². The second-order valence-electron chi connectivity index (χ2n) is 10.1. The highest BCUT2D eigenvalue weighted by atomic mass is 16.5. The average Bonchev–Trinajstić information content (AvgIpc) is 3.09. The van der Waals surface area contributed by atoms with Crippen LogP contribution in [0.3, 0.4) is 0 Å². The van der Waals surface area contributed by atoms with E-state index in [9.17, 15) is 14.4 Å². The first-order valence-electron chi connectivity index (χ1n) is 12.7. The lowest BCUT2D eigenvalue weighted by molar-refractivity contribution is -0.145. The number of benzene rings is 1. The molecule has 8 nitrogen and oxygen atoms in total. The van der Waals surface area contributed by atoms with E-state index in [1.165, 1.54) is 18.7 Å². The van der Waals surface area contributed by atoms with Gasteiger partial charge >= 0.3 is 5.97 Å². The van der Waals surface area contributed by atoms with Crippen LogP contribution in [-0.2, 0) is 33.7 Å². The molecule has 0 aliphatic carbocycles. The zero-order valence-corrected chi connectivity index (χ0v) is 21.5. The molecule has 2 aliphatic rings. The molecule has 2 aliphatic heterocycles. The molecule has 0 spiro atoms. The summed E-state index contributed by atoms with van der Waals surface area (Å²) in [6.45, 7) is 6.12. The Bertz CT molecular complexity index is 1140. The predicted octanol–water partition coefficient (Wildman–Crippen LogP) is 3.24. The average molecular weight is 497 g/mol. The molecule has 1 atom stereocenters. The van der Waals surface area contributed by atoms with Gasteiger partial charge in [0.15, 0.2) is 0 Å². The molecule has 3 heterocycles. The Morgan fingerprint density at radius 2 is 1.92 bits per heavy atom. The lowest BCUT2D eigenvalue weighted by Gasteiger charge is -2.36. The van der Waals surface area contributed by atoms with Crippen LogP contribution >= 0.6 is 0 Å². The molecule has 0 N–H and O–H groups in total. The fourth-order valence-electron chi connectivity index (χ4n) is 5.21. The molecule has 0 bridgehead atoms. The number of hydrogen-bond acceptors (Lipinski definition) is 6. The summed E-state index contributed by atoms with van der Waals surface area (Å²) >= 11 is 0. The van der Waals surface area contributed by atoms with Gasteiger partial charge in [-0.05, 0) is 45.1 Å². The fourth-order valence-corrected chi connectivity index (χ4v) is 5.21. The van der Waals surface area contributed by atoms with Crippen molar-refractivity contribution in [3.8, 4) is 5.75 Å². The van der Waals surface area contributed by atoms with Crippen molar-refractivity contribution in [3.63, 3.8) is 0 Å². The molecule has 1 aromatic heterocycles. The summed E-state index contributed by atoms with van der Waals surface area (Å²) in [5.74, 6) is -0.306. The van der Waals surface area contributed by atoms with Crippen molar-refractivity contribution in [2.75, 3.05) is 33.4 Å². The van der Waals surface area contributed by atoms with E-state index in [4.69, 9.17) is 14.2 Å². The number of ether oxygens (including phenoxy) is 3. The van der Waals surface area contributed by atoms with Crippen molar-refractivity contribution in [2.24, 2.45) is 5.92 Å². The highest BCUT2D eigenvalue weighted by Gasteiger charge is 2.36. The van der Waals surface area contributed by atoms with Gasteiger partial charge in [0.05, 0.1) is 19.3 Å². The van der Waals surface area contributed by atoms with Crippen molar-refractivity contribution < 1.29 is 23.8 Å². The van der Waals surface area contributed by atoms with E-state index in [1.807, 2.05) is 36.9 Å². The molecule has 1 fully saturated rings. The third-order valence-electron chi connectivity index (χ3n) is 7.05. The molecule has 2 aromatic rings. The number of pyridine rings is 1. The predicted molar refractivity (Wildman–Crippen MR) is 135 cm³/mol. The van der Waals surface area contributed by atoms with Crippen LogP contribution in [-0.4, -0.2) is 60.4 Å². The Balaban J connectivity index is 1.50. The van der Waals surface area contributed by atoms with Crippen LogP contribution in [0.15, 0.2) is 41.2 Å². The van der Waals surface area contributed by atoms with Crippen LogP contribution in [0.5, 0.6) is 5.75 Å². The number of esters is 1.